The van der Waals surface area contributed by atoms with Crippen LogP contribution in [0.5, 0.6) is 0 Å². The minimum absolute atomic E-state index is 0.0206. The number of hydrogen-bond acceptors (Lipinski definition) is 5. The van der Waals surface area contributed by atoms with Crippen LogP contribution in [0.1, 0.15) is 26.3 Å². The number of ether oxygens (including phenoxy) is 1. The average molecular weight is 396 g/mol. The van der Waals surface area contributed by atoms with E-state index >= 15 is 0 Å². The third-order valence-corrected chi connectivity index (χ3v) is 6.82. The second-order valence-electron chi connectivity index (χ2n) is 7.52. The maximum Gasteiger partial charge on any atom is 0.240 e. The van der Waals surface area contributed by atoms with Gasteiger partial charge in [-0.05, 0) is 36.1 Å². The van der Waals surface area contributed by atoms with Crippen molar-refractivity contribution >= 4 is 21.6 Å². The minimum Gasteiger partial charge on any atom is -0.379 e. The molecule has 0 aromatic heterocycles. The van der Waals surface area contributed by atoms with Crippen LogP contribution in [0.25, 0.3) is 0 Å². The Kier molecular flexibility index (Phi) is 6.20. The summed E-state index contributed by atoms with van der Waals surface area (Å²) in [6, 6.07) is 5.15. The first-order chi connectivity index (χ1) is 12.8. The molecule has 1 amide bonds. The van der Waals surface area contributed by atoms with Crippen molar-refractivity contribution in [1.82, 2.24) is 9.62 Å². The molecule has 0 bridgehead atoms. The van der Waals surface area contributed by atoms with E-state index in [0.29, 0.717) is 38.6 Å². The Morgan fingerprint density at radius 3 is 2.56 bits per heavy atom. The van der Waals surface area contributed by atoms with Gasteiger partial charge in [0, 0.05) is 44.8 Å². The zero-order valence-corrected chi connectivity index (χ0v) is 17.1. The second-order valence-corrected chi connectivity index (χ2v) is 9.29. The molecule has 0 aliphatic carbocycles. The Morgan fingerprint density at radius 2 is 1.93 bits per heavy atom. The lowest BCUT2D eigenvalue weighted by atomic mass is 10.0. The molecule has 1 atom stereocenters. The third-order valence-electron chi connectivity index (χ3n) is 5.40. The van der Waals surface area contributed by atoms with Gasteiger partial charge in [0.05, 0.1) is 18.1 Å². The van der Waals surface area contributed by atoms with Gasteiger partial charge in [-0.25, -0.2) is 13.1 Å². The zero-order valence-electron chi connectivity index (χ0n) is 16.3. The van der Waals surface area contributed by atoms with E-state index in [0.717, 1.165) is 24.3 Å². The van der Waals surface area contributed by atoms with Gasteiger partial charge in [-0.1, -0.05) is 13.8 Å². The van der Waals surface area contributed by atoms with Crippen LogP contribution >= 0.6 is 0 Å². The molecule has 1 aromatic carbocycles. The molecule has 0 saturated carbocycles. The quantitative estimate of drug-likeness (QED) is 0.784. The fourth-order valence-corrected chi connectivity index (χ4v) is 4.95. The molecule has 1 N–H and O–H groups in total. The highest BCUT2D eigenvalue weighted by Gasteiger charge is 2.28. The molecule has 8 heteroatoms. The number of hydrogen-bond donors (Lipinski definition) is 1. The first-order valence-electron chi connectivity index (χ1n) is 9.52. The van der Waals surface area contributed by atoms with Gasteiger partial charge >= 0.3 is 0 Å². The maximum absolute atomic E-state index is 12.8. The van der Waals surface area contributed by atoms with Gasteiger partial charge in [-0.3, -0.25) is 9.69 Å². The molecule has 1 aromatic rings. The lowest BCUT2D eigenvalue weighted by molar-refractivity contribution is -0.116. The van der Waals surface area contributed by atoms with Crippen LogP contribution in [0.15, 0.2) is 23.1 Å². The van der Waals surface area contributed by atoms with E-state index in [1.807, 2.05) is 0 Å². The predicted octanol–water partition coefficient (Wildman–Crippen LogP) is 1.23. The second kappa shape index (κ2) is 8.26. The van der Waals surface area contributed by atoms with Crippen LogP contribution in [-0.2, 0) is 26.0 Å². The number of nitrogens with zero attached hydrogens (tertiary/aromatic N) is 2. The van der Waals surface area contributed by atoms with Gasteiger partial charge in [0.1, 0.15) is 0 Å². The number of morpholine rings is 1. The summed E-state index contributed by atoms with van der Waals surface area (Å²) in [5.74, 6) is 0.308. The van der Waals surface area contributed by atoms with Crippen molar-refractivity contribution in [1.29, 1.82) is 0 Å². The van der Waals surface area contributed by atoms with Crippen molar-refractivity contribution in [2.24, 2.45) is 5.92 Å². The fraction of sp³-hybridized carbons (Fsp3) is 0.632. The van der Waals surface area contributed by atoms with E-state index in [4.69, 9.17) is 4.74 Å². The Bertz CT molecular complexity index is 788. The summed E-state index contributed by atoms with van der Waals surface area (Å²) in [5.41, 5.74) is 1.72. The van der Waals surface area contributed by atoms with Gasteiger partial charge in [0.15, 0.2) is 0 Å². The smallest absolute Gasteiger partial charge is 0.240 e. The average Bonchev–Trinajstić information content (AvgIpc) is 3.06. The number of carbonyl (C=O) groups excluding carboxylic acids is 1. The van der Waals surface area contributed by atoms with E-state index in [-0.39, 0.29) is 16.8 Å². The molecule has 0 spiro atoms. The fourth-order valence-electron chi connectivity index (χ4n) is 3.85. The van der Waals surface area contributed by atoms with Crippen molar-refractivity contribution in [3.63, 3.8) is 0 Å². The highest BCUT2D eigenvalue weighted by atomic mass is 32.2. The van der Waals surface area contributed by atoms with Crippen LogP contribution < -0.4 is 9.62 Å². The topological polar surface area (TPSA) is 79.0 Å². The van der Waals surface area contributed by atoms with Gasteiger partial charge in [0.25, 0.3) is 0 Å². The van der Waals surface area contributed by atoms with Crippen molar-refractivity contribution in [2.45, 2.75) is 38.1 Å². The van der Waals surface area contributed by atoms with Crippen molar-refractivity contribution in [3.8, 4) is 0 Å². The Balaban J connectivity index is 1.72. The SMILES string of the molecule is CC(=O)N1CCc2cc(S(=O)(=O)NCC(C(C)C)N3CCOCC3)ccc21. The molecule has 2 heterocycles. The van der Waals surface area contributed by atoms with Crippen LogP contribution in [0.3, 0.4) is 0 Å². The van der Waals surface area contributed by atoms with E-state index in [1.165, 1.54) is 6.92 Å². The van der Waals surface area contributed by atoms with Crippen molar-refractivity contribution < 1.29 is 17.9 Å². The van der Waals surface area contributed by atoms with Gasteiger partial charge in [-0.2, -0.15) is 0 Å². The molecule has 1 fully saturated rings. The Hall–Kier alpha value is -1.48. The van der Waals surface area contributed by atoms with E-state index in [1.54, 1.807) is 23.1 Å². The monoisotopic (exact) mass is 395 g/mol. The molecule has 1 saturated heterocycles. The first kappa shape index (κ1) is 20.3. The highest BCUT2D eigenvalue weighted by molar-refractivity contribution is 7.89. The Labute approximate surface area is 161 Å². The summed E-state index contributed by atoms with van der Waals surface area (Å²) in [6.07, 6.45) is 0.681. The van der Waals surface area contributed by atoms with Gasteiger partial charge < -0.3 is 9.64 Å². The third kappa shape index (κ3) is 4.51. The molecule has 7 nitrogen and oxygen atoms in total. The van der Waals surface area contributed by atoms with Crippen LogP contribution in [0.2, 0.25) is 0 Å². The van der Waals surface area contributed by atoms with Crippen molar-refractivity contribution in [2.75, 3.05) is 44.3 Å². The summed E-state index contributed by atoms with van der Waals surface area (Å²) < 4.78 is 33.8. The first-order valence-corrected chi connectivity index (χ1v) is 11.0. The summed E-state index contributed by atoms with van der Waals surface area (Å²) in [5, 5.41) is 0. The normalized spacial score (nSPS) is 19.3. The molecule has 0 radical (unpaired) electrons. The lowest BCUT2D eigenvalue weighted by Gasteiger charge is -2.36. The summed E-state index contributed by atoms with van der Waals surface area (Å²) in [4.78, 5) is 15.9. The number of anilines is 1. The molecular formula is C19H29N3O4S. The van der Waals surface area contributed by atoms with E-state index in [2.05, 4.69) is 23.5 Å². The molecular weight excluding hydrogens is 366 g/mol. The summed E-state index contributed by atoms with van der Waals surface area (Å²) in [7, 11) is -3.60. The standard InChI is InChI=1S/C19H29N3O4S/c1-14(2)19(21-8-10-26-11-9-21)13-20-27(24,25)17-4-5-18-16(12-17)6-7-22(18)15(3)23/h4-5,12,14,19-20H,6-11,13H2,1-3H3. The van der Waals surface area contributed by atoms with Crippen LogP contribution in [0.4, 0.5) is 5.69 Å². The number of amides is 1. The van der Waals surface area contributed by atoms with E-state index in [9.17, 15) is 13.2 Å². The molecule has 1 unspecified atom stereocenters. The van der Waals surface area contributed by atoms with Gasteiger partial charge in [0.2, 0.25) is 15.9 Å². The molecule has 2 aliphatic rings. The zero-order chi connectivity index (χ0) is 19.6. The number of carbonyl (C=O) groups is 1. The van der Waals surface area contributed by atoms with Gasteiger partial charge in [-0.15, -0.1) is 0 Å². The predicted molar refractivity (Wildman–Crippen MR) is 104 cm³/mol. The van der Waals surface area contributed by atoms with E-state index < -0.39 is 10.0 Å². The molecule has 150 valence electrons. The number of benzene rings is 1. The Morgan fingerprint density at radius 1 is 1.22 bits per heavy atom. The summed E-state index contributed by atoms with van der Waals surface area (Å²) >= 11 is 0. The minimum atomic E-state index is -3.60. The van der Waals surface area contributed by atoms with Crippen LogP contribution in [0, 0.1) is 5.92 Å². The highest BCUT2D eigenvalue weighted by Crippen LogP contribution is 2.30. The van der Waals surface area contributed by atoms with Crippen LogP contribution in [-0.4, -0.2) is 64.7 Å². The number of sulfonamides is 1. The lowest BCUT2D eigenvalue weighted by Crippen LogP contribution is -2.51. The largest absolute Gasteiger partial charge is 0.379 e. The number of rotatable bonds is 6. The van der Waals surface area contributed by atoms with Crippen molar-refractivity contribution in [3.05, 3.63) is 23.8 Å². The summed E-state index contributed by atoms with van der Waals surface area (Å²) in [6.45, 7) is 9.75. The molecule has 2 aliphatic heterocycles. The maximum atomic E-state index is 12.8. The number of nitrogens with one attached hydrogen (secondary N) is 1. The molecule has 27 heavy (non-hydrogen) atoms. The molecule has 3 rings (SSSR count). The number of fused-ring (bicyclic) bond motifs is 1.